The number of carbonyl (C=O) groups excluding carboxylic acids is 2. The molecule has 0 N–H and O–H groups in total. The van der Waals surface area contributed by atoms with Gasteiger partial charge >= 0.3 is 11.9 Å². The number of unbranched alkanes of at least 4 members (excludes halogenated alkanes) is 65. The van der Waals surface area contributed by atoms with E-state index in [9.17, 15) is 19.0 Å². The smallest absolute Gasteiger partial charge is 0.306 e. The first-order chi connectivity index (χ1) is 50.5. The Morgan fingerprint density at radius 2 is 0.553 bits per heavy atom. The molecule has 9 nitrogen and oxygen atoms in total. The van der Waals surface area contributed by atoms with Gasteiger partial charge in [-0.15, -0.1) is 0 Å². The molecule has 0 aliphatic rings. The standard InChI is InChI=1S/C93H178NO8P/c1-6-8-10-12-14-16-18-20-22-24-26-28-30-32-34-36-38-40-42-44-46-47-48-50-52-54-56-58-60-62-64-66-68-70-72-74-76-78-80-82-84-86-93(96)102-91(90-101-103(97,98)100-88-87-94(3,4)5)89-99-92(95)85-83-81-79-77-75-73-71-69-67-65-63-61-59-57-55-53-51-49-45-43-41-39-37-35-33-31-29-27-25-23-21-19-17-15-13-11-9-7-2/h8,10,14,16,20,22,26,28,91H,6-7,9,11-13,15,17-19,21,23-25,27,29-90H2,1-5H3/b10-8-,16-14-,22-20-,28-26-. The van der Waals surface area contributed by atoms with Crippen molar-refractivity contribution in [2.75, 3.05) is 47.5 Å². The number of nitrogens with zero attached hydrogens (tertiary/aromatic N) is 1. The lowest BCUT2D eigenvalue weighted by Gasteiger charge is -2.28. The summed E-state index contributed by atoms with van der Waals surface area (Å²) in [5.41, 5.74) is 0. The quantitative estimate of drug-likeness (QED) is 0.0195. The number of hydrogen-bond donors (Lipinski definition) is 0. The molecule has 10 heteroatoms. The van der Waals surface area contributed by atoms with E-state index in [1.54, 1.807) is 0 Å². The molecule has 0 heterocycles. The monoisotopic (exact) mass is 1470 g/mol. The van der Waals surface area contributed by atoms with Gasteiger partial charge in [-0.3, -0.25) is 14.2 Å². The predicted octanol–water partition coefficient (Wildman–Crippen LogP) is 30.4. The van der Waals surface area contributed by atoms with Crippen LogP contribution < -0.4 is 4.89 Å². The third-order valence-electron chi connectivity index (χ3n) is 21.1. The number of phosphoric ester groups is 1. The van der Waals surface area contributed by atoms with Gasteiger partial charge in [0, 0.05) is 12.8 Å². The fourth-order valence-electron chi connectivity index (χ4n) is 14.2. The number of phosphoric acid groups is 1. The first kappa shape index (κ1) is 101. The van der Waals surface area contributed by atoms with Crippen LogP contribution in [0.4, 0.5) is 0 Å². The molecule has 0 spiro atoms. The Kier molecular flexibility index (Phi) is 82.3. The Morgan fingerprint density at radius 1 is 0.311 bits per heavy atom. The van der Waals surface area contributed by atoms with Gasteiger partial charge in [0.15, 0.2) is 6.10 Å². The molecule has 608 valence electrons. The van der Waals surface area contributed by atoms with E-state index in [0.29, 0.717) is 17.4 Å². The summed E-state index contributed by atoms with van der Waals surface area (Å²) < 4.78 is 34.5. The van der Waals surface area contributed by atoms with Crippen LogP contribution in [0.25, 0.3) is 0 Å². The van der Waals surface area contributed by atoms with E-state index in [1.165, 1.54) is 392 Å². The minimum Gasteiger partial charge on any atom is -0.756 e. The first-order valence-electron chi connectivity index (χ1n) is 45.8. The van der Waals surface area contributed by atoms with Crippen LogP contribution in [0.5, 0.6) is 0 Å². The molecular weight excluding hydrogens is 1290 g/mol. The average Bonchev–Trinajstić information content (AvgIpc) is 0.971. The third-order valence-corrected chi connectivity index (χ3v) is 22.1. The van der Waals surface area contributed by atoms with Crippen LogP contribution in [-0.4, -0.2) is 70.0 Å². The average molecular weight is 1470 g/mol. The van der Waals surface area contributed by atoms with Crippen molar-refractivity contribution in [3.63, 3.8) is 0 Å². The molecule has 0 saturated heterocycles. The second-order valence-corrected chi connectivity index (χ2v) is 34.1. The summed E-state index contributed by atoms with van der Waals surface area (Å²) in [5.74, 6) is -0.802. The summed E-state index contributed by atoms with van der Waals surface area (Å²) in [4.78, 5) is 38.3. The van der Waals surface area contributed by atoms with Crippen molar-refractivity contribution in [1.82, 2.24) is 0 Å². The summed E-state index contributed by atoms with van der Waals surface area (Å²) in [5, 5.41) is 0. The zero-order valence-corrected chi connectivity index (χ0v) is 70.7. The van der Waals surface area contributed by atoms with Gasteiger partial charge in [-0.1, -0.05) is 467 Å². The zero-order chi connectivity index (χ0) is 74.7. The summed E-state index contributed by atoms with van der Waals surface area (Å²) in [7, 11) is 1.20. The molecule has 0 aromatic rings. The number of ether oxygens (including phenoxy) is 2. The van der Waals surface area contributed by atoms with Crippen LogP contribution in [0.3, 0.4) is 0 Å². The molecule has 0 amide bonds. The number of rotatable bonds is 87. The highest BCUT2D eigenvalue weighted by atomic mass is 31.2. The highest BCUT2D eigenvalue weighted by Gasteiger charge is 2.22. The fourth-order valence-corrected chi connectivity index (χ4v) is 14.9. The third kappa shape index (κ3) is 88.8. The van der Waals surface area contributed by atoms with Gasteiger partial charge in [0.2, 0.25) is 0 Å². The molecule has 0 aromatic heterocycles. The van der Waals surface area contributed by atoms with Gasteiger partial charge in [-0.2, -0.15) is 0 Å². The lowest BCUT2D eigenvalue weighted by Crippen LogP contribution is -2.37. The summed E-state index contributed by atoms with van der Waals surface area (Å²) >= 11 is 0. The van der Waals surface area contributed by atoms with Crippen LogP contribution in [0.15, 0.2) is 48.6 Å². The van der Waals surface area contributed by atoms with Crippen LogP contribution in [0, 0.1) is 0 Å². The Bertz CT molecular complexity index is 1880. The van der Waals surface area contributed by atoms with Crippen molar-refractivity contribution in [3.05, 3.63) is 48.6 Å². The summed E-state index contributed by atoms with van der Waals surface area (Å²) in [6.45, 7) is 4.22. The second-order valence-electron chi connectivity index (χ2n) is 32.7. The van der Waals surface area contributed by atoms with Crippen molar-refractivity contribution in [2.45, 2.75) is 489 Å². The number of carbonyl (C=O) groups is 2. The molecule has 0 rings (SSSR count). The van der Waals surface area contributed by atoms with E-state index in [0.717, 1.165) is 57.8 Å². The summed E-state index contributed by atoms with van der Waals surface area (Å²) in [6.07, 6.45) is 113. The molecule has 2 unspecified atom stereocenters. The largest absolute Gasteiger partial charge is 0.756 e. The van der Waals surface area contributed by atoms with Crippen molar-refractivity contribution < 1.29 is 42.1 Å². The van der Waals surface area contributed by atoms with Crippen molar-refractivity contribution >= 4 is 19.8 Å². The lowest BCUT2D eigenvalue weighted by atomic mass is 10.0. The molecule has 0 aromatic carbocycles. The number of likely N-dealkylation sites (N-methyl/N-ethyl adjacent to an activating group) is 1. The van der Waals surface area contributed by atoms with E-state index in [2.05, 4.69) is 62.5 Å². The highest BCUT2D eigenvalue weighted by molar-refractivity contribution is 7.45. The van der Waals surface area contributed by atoms with Crippen molar-refractivity contribution in [2.24, 2.45) is 0 Å². The molecule has 0 radical (unpaired) electrons. The van der Waals surface area contributed by atoms with Gasteiger partial charge in [0.25, 0.3) is 7.82 Å². The molecular formula is C93H178NO8P. The fraction of sp³-hybridized carbons (Fsp3) is 0.892. The minimum absolute atomic E-state index is 0.0266. The Labute approximate surface area is 643 Å². The Hall–Kier alpha value is -2.03. The Balaban J connectivity index is 3.82. The number of allylic oxidation sites excluding steroid dienone is 8. The lowest BCUT2D eigenvalue weighted by molar-refractivity contribution is -0.870. The van der Waals surface area contributed by atoms with Gasteiger partial charge in [-0.25, -0.2) is 0 Å². The zero-order valence-electron chi connectivity index (χ0n) is 69.8. The van der Waals surface area contributed by atoms with E-state index in [1.807, 2.05) is 21.1 Å². The molecule has 0 saturated carbocycles. The van der Waals surface area contributed by atoms with Gasteiger partial charge in [0.1, 0.15) is 19.8 Å². The van der Waals surface area contributed by atoms with Crippen LogP contribution in [0.2, 0.25) is 0 Å². The molecule has 0 aliphatic heterocycles. The van der Waals surface area contributed by atoms with E-state index < -0.39 is 26.5 Å². The molecule has 0 bridgehead atoms. The first-order valence-corrected chi connectivity index (χ1v) is 47.3. The van der Waals surface area contributed by atoms with Gasteiger partial charge in [0.05, 0.1) is 27.7 Å². The molecule has 2 atom stereocenters. The minimum atomic E-state index is -4.65. The van der Waals surface area contributed by atoms with Crippen LogP contribution in [-0.2, 0) is 32.7 Å². The molecule has 0 fully saturated rings. The second kappa shape index (κ2) is 84.0. The van der Waals surface area contributed by atoms with Crippen LogP contribution >= 0.6 is 7.82 Å². The maximum atomic E-state index is 12.9. The van der Waals surface area contributed by atoms with Gasteiger partial charge in [-0.05, 0) is 51.4 Å². The highest BCUT2D eigenvalue weighted by Crippen LogP contribution is 2.38. The SMILES string of the molecule is CC/C=C\C/C=C\C/C=C\C/C=C\CCCCCCCCCCCCCCCCCCCCCCCCCCCCCCC(=O)OC(COC(=O)CCCCCCCCCCCCCCCCCCCCCCCCCCCCCCCCCCCCCCCC)COP(=O)([O-])OCC[N+](C)(C)C. The molecule has 103 heavy (non-hydrogen) atoms. The summed E-state index contributed by atoms with van der Waals surface area (Å²) in [6, 6.07) is 0. The Morgan fingerprint density at radius 3 is 0.825 bits per heavy atom. The van der Waals surface area contributed by atoms with E-state index in [-0.39, 0.29) is 32.0 Å². The maximum Gasteiger partial charge on any atom is 0.306 e. The number of esters is 2. The van der Waals surface area contributed by atoms with Gasteiger partial charge < -0.3 is 27.9 Å². The molecule has 0 aliphatic carbocycles. The van der Waals surface area contributed by atoms with E-state index >= 15 is 0 Å². The number of quaternary nitrogens is 1. The topological polar surface area (TPSA) is 111 Å². The normalized spacial score (nSPS) is 13.1. The predicted molar refractivity (Wildman–Crippen MR) is 448 cm³/mol. The number of hydrogen-bond acceptors (Lipinski definition) is 8. The van der Waals surface area contributed by atoms with Crippen LogP contribution in [0.1, 0.15) is 483 Å². The van der Waals surface area contributed by atoms with E-state index in [4.69, 9.17) is 18.5 Å². The maximum absolute atomic E-state index is 12.9. The van der Waals surface area contributed by atoms with Crippen molar-refractivity contribution in [1.29, 1.82) is 0 Å². The van der Waals surface area contributed by atoms with Crippen molar-refractivity contribution in [3.8, 4) is 0 Å².